The third-order valence-corrected chi connectivity index (χ3v) is 11.3. The minimum atomic E-state index is -1.40. The Bertz CT molecular complexity index is 971. The van der Waals surface area contributed by atoms with Crippen molar-refractivity contribution in [2.75, 3.05) is 55.0 Å². The van der Waals surface area contributed by atoms with Gasteiger partial charge in [-0.25, -0.2) is 0 Å². The van der Waals surface area contributed by atoms with Gasteiger partial charge in [-0.2, -0.15) is 0 Å². The van der Waals surface area contributed by atoms with E-state index in [1.54, 1.807) is 27.9 Å². The minimum Gasteiger partial charge on any atom is -0.463 e. The summed E-state index contributed by atoms with van der Waals surface area (Å²) in [5.41, 5.74) is -2.30. The van der Waals surface area contributed by atoms with Crippen molar-refractivity contribution in [1.29, 1.82) is 0 Å². The zero-order valence-electron chi connectivity index (χ0n) is 30.4. The SMILES string of the molecule is CCN(C)[C@H]1CC[C@H]([C@H]2COC(=O)C(C)(C)C(=O)[C@H](C)[C@@H](O[C@@H]3O[C@H](C)C[C@H](N(C)C)[C@H]3O)[C@](C)(OC)C[C@@H](C)CN2C)CC1. The Kier molecular flexibility index (Phi) is 13.5. The van der Waals surface area contributed by atoms with Crippen molar-refractivity contribution < 1.29 is 33.6 Å². The Hall–Kier alpha value is -1.14. The molecule has 45 heavy (non-hydrogen) atoms. The molecule has 2 aliphatic heterocycles. The van der Waals surface area contributed by atoms with Gasteiger partial charge in [0.15, 0.2) is 12.1 Å². The van der Waals surface area contributed by atoms with Crippen molar-refractivity contribution >= 4 is 11.8 Å². The van der Waals surface area contributed by atoms with E-state index in [9.17, 15) is 14.7 Å². The lowest BCUT2D eigenvalue weighted by Crippen LogP contribution is -2.59. The van der Waals surface area contributed by atoms with E-state index in [2.05, 4.69) is 37.7 Å². The number of rotatable bonds is 7. The summed E-state index contributed by atoms with van der Waals surface area (Å²) in [4.78, 5) is 34.7. The monoisotopic (exact) mass is 639 g/mol. The van der Waals surface area contributed by atoms with Crippen molar-refractivity contribution in [3.05, 3.63) is 0 Å². The van der Waals surface area contributed by atoms with E-state index in [1.165, 1.54) is 0 Å². The van der Waals surface area contributed by atoms with Crippen LogP contribution in [-0.2, 0) is 28.5 Å². The molecule has 1 saturated carbocycles. The molecule has 0 unspecified atom stereocenters. The zero-order chi connectivity index (χ0) is 33.9. The highest BCUT2D eigenvalue weighted by Crippen LogP contribution is 2.39. The van der Waals surface area contributed by atoms with Gasteiger partial charge in [0.1, 0.15) is 18.1 Å². The van der Waals surface area contributed by atoms with Gasteiger partial charge < -0.3 is 33.9 Å². The molecule has 262 valence electrons. The number of ketones is 1. The molecular formula is C35H65N3O7. The highest BCUT2D eigenvalue weighted by Gasteiger charge is 2.51. The maximum absolute atomic E-state index is 14.2. The van der Waals surface area contributed by atoms with Gasteiger partial charge in [-0.05, 0) is 113 Å². The molecule has 0 spiro atoms. The number of Topliss-reactive ketones (excluding diaryl/α,β-unsaturated/α-hetero) is 1. The summed E-state index contributed by atoms with van der Waals surface area (Å²) in [7, 11) is 9.85. The van der Waals surface area contributed by atoms with Crippen molar-refractivity contribution in [3.8, 4) is 0 Å². The lowest BCUT2D eigenvalue weighted by Gasteiger charge is -2.47. The van der Waals surface area contributed by atoms with Crippen LogP contribution in [0.1, 0.15) is 87.0 Å². The lowest BCUT2D eigenvalue weighted by atomic mass is 9.74. The molecule has 0 radical (unpaired) electrons. The van der Waals surface area contributed by atoms with Crippen LogP contribution < -0.4 is 0 Å². The maximum Gasteiger partial charge on any atom is 0.319 e. The van der Waals surface area contributed by atoms with Crippen LogP contribution in [0.2, 0.25) is 0 Å². The first-order valence-electron chi connectivity index (χ1n) is 17.3. The van der Waals surface area contributed by atoms with Crippen LogP contribution in [0.4, 0.5) is 0 Å². The first-order valence-corrected chi connectivity index (χ1v) is 17.3. The average Bonchev–Trinajstić information content (AvgIpc) is 2.99. The Balaban J connectivity index is 1.94. The molecule has 0 aromatic carbocycles. The normalized spacial score (nSPS) is 41.3. The summed E-state index contributed by atoms with van der Waals surface area (Å²) in [6.45, 7) is 15.5. The average molecular weight is 640 g/mol. The van der Waals surface area contributed by atoms with Crippen molar-refractivity contribution in [3.63, 3.8) is 0 Å². The maximum atomic E-state index is 14.2. The highest BCUT2D eigenvalue weighted by atomic mass is 16.7. The number of aliphatic hydroxyl groups is 1. The van der Waals surface area contributed by atoms with E-state index in [0.29, 0.717) is 24.8 Å². The number of methoxy groups -OCH3 is 1. The first-order chi connectivity index (χ1) is 21.0. The largest absolute Gasteiger partial charge is 0.463 e. The lowest BCUT2D eigenvalue weighted by molar-refractivity contribution is -0.295. The fraction of sp³-hybridized carbons (Fsp3) is 0.943. The number of cyclic esters (lactones) is 1. The molecule has 10 nitrogen and oxygen atoms in total. The number of nitrogens with zero attached hydrogens (tertiary/aromatic N) is 3. The molecule has 2 saturated heterocycles. The molecule has 1 aliphatic carbocycles. The zero-order valence-corrected chi connectivity index (χ0v) is 30.4. The Labute approximate surface area is 273 Å². The van der Waals surface area contributed by atoms with E-state index < -0.39 is 41.4 Å². The van der Waals surface area contributed by atoms with Gasteiger partial charge in [0.25, 0.3) is 0 Å². The quantitative estimate of drug-likeness (QED) is 0.327. The number of hydrogen-bond donors (Lipinski definition) is 1. The Morgan fingerprint density at radius 3 is 2.22 bits per heavy atom. The number of ether oxygens (including phenoxy) is 4. The molecule has 0 bridgehead atoms. The molecule has 0 amide bonds. The van der Waals surface area contributed by atoms with E-state index in [0.717, 1.165) is 38.8 Å². The van der Waals surface area contributed by atoms with Gasteiger partial charge in [-0.1, -0.05) is 20.8 Å². The van der Waals surface area contributed by atoms with Crippen molar-refractivity contribution in [1.82, 2.24) is 14.7 Å². The van der Waals surface area contributed by atoms with Gasteiger partial charge in [0.2, 0.25) is 0 Å². The van der Waals surface area contributed by atoms with Crippen LogP contribution in [0.25, 0.3) is 0 Å². The highest BCUT2D eigenvalue weighted by molar-refractivity contribution is 6.04. The van der Waals surface area contributed by atoms with E-state index in [1.807, 2.05) is 32.8 Å². The summed E-state index contributed by atoms with van der Waals surface area (Å²) in [5, 5.41) is 11.3. The summed E-state index contributed by atoms with van der Waals surface area (Å²) < 4.78 is 25.1. The van der Waals surface area contributed by atoms with Gasteiger partial charge in [-0.3, -0.25) is 14.5 Å². The summed E-state index contributed by atoms with van der Waals surface area (Å²) >= 11 is 0. The summed E-state index contributed by atoms with van der Waals surface area (Å²) in [6, 6.07) is 0.485. The second-order valence-corrected chi connectivity index (χ2v) is 15.5. The molecule has 2 heterocycles. The third kappa shape index (κ3) is 8.86. The molecule has 10 heteroatoms. The number of hydrogen-bond acceptors (Lipinski definition) is 10. The fourth-order valence-electron chi connectivity index (χ4n) is 8.25. The molecule has 1 N–H and O–H groups in total. The number of carbonyl (C=O) groups is 2. The van der Waals surface area contributed by atoms with Crippen LogP contribution >= 0.6 is 0 Å². The number of likely N-dealkylation sites (N-methyl/N-ethyl adjacent to an activating group) is 2. The molecule has 0 aromatic heterocycles. The Morgan fingerprint density at radius 2 is 1.67 bits per heavy atom. The number of carbonyl (C=O) groups excluding carboxylic acids is 2. The van der Waals surface area contributed by atoms with Gasteiger partial charge in [0.05, 0.1) is 17.8 Å². The molecular weight excluding hydrogens is 574 g/mol. The number of aliphatic hydroxyl groups excluding tert-OH is 1. The van der Waals surface area contributed by atoms with Crippen molar-refractivity contribution in [2.24, 2.45) is 23.2 Å². The van der Waals surface area contributed by atoms with Crippen LogP contribution in [0.15, 0.2) is 0 Å². The van der Waals surface area contributed by atoms with Gasteiger partial charge >= 0.3 is 5.97 Å². The predicted octanol–water partition coefficient (Wildman–Crippen LogP) is 3.83. The third-order valence-electron chi connectivity index (χ3n) is 11.3. The number of esters is 1. The Morgan fingerprint density at radius 1 is 1.04 bits per heavy atom. The fourth-order valence-corrected chi connectivity index (χ4v) is 8.25. The van der Waals surface area contributed by atoms with Crippen molar-refractivity contribution in [2.45, 2.75) is 135 Å². The topological polar surface area (TPSA) is 101 Å². The molecule has 3 fully saturated rings. The predicted molar refractivity (Wildman–Crippen MR) is 176 cm³/mol. The van der Waals surface area contributed by atoms with E-state index >= 15 is 0 Å². The van der Waals surface area contributed by atoms with Crippen LogP contribution in [-0.4, -0.2) is 135 Å². The van der Waals surface area contributed by atoms with Crippen LogP contribution in [0.3, 0.4) is 0 Å². The molecule has 3 aliphatic rings. The summed E-state index contributed by atoms with van der Waals surface area (Å²) in [6.07, 6.45) is 2.90. The van der Waals surface area contributed by atoms with E-state index in [-0.39, 0.29) is 36.5 Å². The molecule has 0 aromatic rings. The van der Waals surface area contributed by atoms with E-state index in [4.69, 9.17) is 18.9 Å². The second kappa shape index (κ2) is 15.8. The molecule has 9 atom stereocenters. The summed E-state index contributed by atoms with van der Waals surface area (Å²) in [5.74, 6) is -0.953. The van der Waals surface area contributed by atoms with Crippen LogP contribution in [0.5, 0.6) is 0 Å². The second-order valence-electron chi connectivity index (χ2n) is 15.5. The molecule has 3 rings (SSSR count). The van der Waals surface area contributed by atoms with Crippen LogP contribution in [0, 0.1) is 23.2 Å². The first kappa shape index (κ1) is 38.3. The van der Waals surface area contributed by atoms with Gasteiger partial charge in [0, 0.05) is 37.7 Å². The smallest absolute Gasteiger partial charge is 0.319 e. The van der Waals surface area contributed by atoms with Gasteiger partial charge in [-0.15, -0.1) is 0 Å². The standard InChI is InChI=1S/C35H65N3O7/c1-13-37(10)26-16-14-25(15-17-26)28-21-43-33(41)34(5,6)30(40)24(4)31(35(7,42-12)19-22(2)20-38(28)11)45-32-29(39)27(36(8)9)18-23(3)44-32/h22-29,31-32,39H,13-21H2,1-12H3/t22-,23-,24+,25-,26-,27+,28-,29-,31-,32+,35-/m1/s1. The minimum absolute atomic E-state index is 0.0597.